The zero-order chi connectivity index (χ0) is 23.4. The average molecular weight is 466 g/mol. The van der Waals surface area contributed by atoms with Crippen molar-refractivity contribution in [2.45, 2.75) is 4.90 Å². The van der Waals surface area contributed by atoms with E-state index < -0.39 is 21.7 Å². The van der Waals surface area contributed by atoms with Crippen LogP contribution >= 0.6 is 0 Å². The van der Waals surface area contributed by atoms with Crippen molar-refractivity contribution in [1.29, 1.82) is 0 Å². The Bertz CT molecular complexity index is 1390. The predicted octanol–water partition coefficient (Wildman–Crippen LogP) is 4.07. The van der Waals surface area contributed by atoms with Crippen LogP contribution in [0.15, 0.2) is 90.2 Å². The number of nitrogens with zero attached hydrogens (tertiary/aromatic N) is 2. The number of halogens is 1. The third-order valence-electron chi connectivity index (χ3n) is 4.73. The highest BCUT2D eigenvalue weighted by Crippen LogP contribution is 2.30. The molecule has 2 N–H and O–H groups in total. The lowest BCUT2D eigenvalue weighted by Gasteiger charge is -2.14. The standard InChI is InChI=1S/C23H19FN4O4S/c1-32-22-12-9-17(13-20(22)27-33(30,31)19-10-7-16(24)8-11-19)26-23(29)21-14-25-15-28(21)18-5-3-2-4-6-18/h2-15,27H,1H3,(H,26,29). The van der Waals surface area contributed by atoms with E-state index in [1.54, 1.807) is 10.6 Å². The van der Waals surface area contributed by atoms with Crippen LogP contribution in [0.2, 0.25) is 0 Å². The molecule has 0 bridgehead atoms. The van der Waals surface area contributed by atoms with Gasteiger partial charge < -0.3 is 10.1 Å². The van der Waals surface area contributed by atoms with Gasteiger partial charge in [0.2, 0.25) is 0 Å². The van der Waals surface area contributed by atoms with Crippen LogP contribution in [0.5, 0.6) is 5.75 Å². The lowest BCUT2D eigenvalue weighted by Crippen LogP contribution is -2.17. The maximum absolute atomic E-state index is 13.2. The van der Waals surface area contributed by atoms with Gasteiger partial charge >= 0.3 is 0 Å². The Morgan fingerprint density at radius 1 is 1.03 bits per heavy atom. The van der Waals surface area contributed by atoms with Gasteiger partial charge in [-0.2, -0.15) is 0 Å². The molecule has 0 saturated carbocycles. The van der Waals surface area contributed by atoms with E-state index in [1.807, 2.05) is 30.3 Å². The Morgan fingerprint density at radius 3 is 2.45 bits per heavy atom. The predicted molar refractivity (Wildman–Crippen MR) is 122 cm³/mol. The molecule has 8 nitrogen and oxygen atoms in total. The third kappa shape index (κ3) is 4.85. The molecular formula is C23H19FN4O4S. The van der Waals surface area contributed by atoms with Crippen molar-refractivity contribution in [2.75, 3.05) is 17.1 Å². The fraction of sp³-hybridized carbons (Fsp3) is 0.0435. The number of carbonyl (C=O) groups excluding carboxylic acids is 1. The zero-order valence-electron chi connectivity index (χ0n) is 17.4. The molecule has 1 heterocycles. The molecule has 33 heavy (non-hydrogen) atoms. The molecule has 0 atom stereocenters. The van der Waals surface area contributed by atoms with Crippen molar-refractivity contribution < 1.29 is 22.3 Å². The van der Waals surface area contributed by atoms with Crippen LogP contribution in [0.3, 0.4) is 0 Å². The summed E-state index contributed by atoms with van der Waals surface area (Å²) in [7, 11) is -2.63. The van der Waals surface area contributed by atoms with Crippen molar-refractivity contribution in [3.8, 4) is 11.4 Å². The Balaban J connectivity index is 1.59. The van der Waals surface area contributed by atoms with Gasteiger partial charge in [0.1, 0.15) is 17.3 Å². The van der Waals surface area contributed by atoms with Crippen LogP contribution in [-0.2, 0) is 10.0 Å². The first-order valence-electron chi connectivity index (χ1n) is 9.73. The monoisotopic (exact) mass is 466 g/mol. The Hall–Kier alpha value is -4.18. The van der Waals surface area contributed by atoms with Crippen LogP contribution < -0.4 is 14.8 Å². The van der Waals surface area contributed by atoms with Crippen LogP contribution in [0.25, 0.3) is 5.69 Å². The highest BCUT2D eigenvalue weighted by atomic mass is 32.2. The first kappa shape index (κ1) is 22.0. The van der Waals surface area contributed by atoms with Crippen LogP contribution in [0, 0.1) is 5.82 Å². The van der Waals surface area contributed by atoms with Gasteiger partial charge in [-0.25, -0.2) is 17.8 Å². The molecule has 4 aromatic rings. The number of aromatic nitrogens is 2. The number of hydrogen-bond acceptors (Lipinski definition) is 5. The van der Waals surface area contributed by atoms with E-state index in [-0.39, 0.29) is 16.3 Å². The minimum Gasteiger partial charge on any atom is -0.495 e. The highest BCUT2D eigenvalue weighted by Gasteiger charge is 2.19. The summed E-state index contributed by atoms with van der Waals surface area (Å²) in [6.45, 7) is 0. The smallest absolute Gasteiger partial charge is 0.274 e. The van der Waals surface area contributed by atoms with Gasteiger partial charge in [0.05, 0.1) is 30.2 Å². The molecule has 1 aromatic heterocycles. The molecule has 0 aliphatic carbocycles. The van der Waals surface area contributed by atoms with Gasteiger partial charge in [-0.05, 0) is 54.6 Å². The number of ether oxygens (including phenoxy) is 1. The molecule has 0 fully saturated rings. The third-order valence-corrected chi connectivity index (χ3v) is 6.11. The fourth-order valence-electron chi connectivity index (χ4n) is 3.14. The normalized spacial score (nSPS) is 11.1. The fourth-order valence-corrected chi connectivity index (χ4v) is 4.20. The second-order valence-electron chi connectivity index (χ2n) is 6.91. The van der Waals surface area contributed by atoms with Gasteiger partial charge in [0.15, 0.2) is 0 Å². The quantitative estimate of drug-likeness (QED) is 0.427. The van der Waals surface area contributed by atoms with E-state index in [2.05, 4.69) is 15.0 Å². The Morgan fingerprint density at radius 2 is 1.76 bits per heavy atom. The molecule has 10 heteroatoms. The summed E-state index contributed by atoms with van der Waals surface area (Å²) < 4.78 is 47.9. The minimum absolute atomic E-state index is 0.108. The summed E-state index contributed by atoms with van der Waals surface area (Å²) in [6.07, 6.45) is 2.96. The SMILES string of the molecule is COc1ccc(NC(=O)c2cncn2-c2ccccc2)cc1NS(=O)(=O)c1ccc(F)cc1. The van der Waals surface area contributed by atoms with Crippen molar-refractivity contribution in [3.05, 3.63) is 96.8 Å². The van der Waals surface area contributed by atoms with E-state index >= 15 is 0 Å². The van der Waals surface area contributed by atoms with E-state index in [0.29, 0.717) is 11.4 Å². The van der Waals surface area contributed by atoms with Gasteiger partial charge in [-0.15, -0.1) is 0 Å². The van der Waals surface area contributed by atoms with Crippen LogP contribution in [-0.4, -0.2) is 31.0 Å². The van der Waals surface area contributed by atoms with Gasteiger partial charge in [-0.3, -0.25) is 14.1 Å². The molecule has 0 spiro atoms. The number of amides is 1. The number of hydrogen-bond donors (Lipinski definition) is 2. The summed E-state index contributed by atoms with van der Waals surface area (Å²) in [5.74, 6) is -0.743. The van der Waals surface area contributed by atoms with Gasteiger partial charge in [0.25, 0.3) is 15.9 Å². The number of nitrogens with one attached hydrogen (secondary N) is 2. The molecular weight excluding hydrogens is 447 g/mol. The first-order valence-corrected chi connectivity index (χ1v) is 11.2. The molecule has 0 aliphatic rings. The largest absolute Gasteiger partial charge is 0.495 e. The lowest BCUT2D eigenvalue weighted by atomic mass is 10.2. The summed E-state index contributed by atoms with van der Waals surface area (Å²) in [5.41, 5.74) is 1.50. The highest BCUT2D eigenvalue weighted by molar-refractivity contribution is 7.92. The molecule has 0 aliphatic heterocycles. The topological polar surface area (TPSA) is 102 Å². The molecule has 168 valence electrons. The van der Waals surface area contributed by atoms with Crippen molar-refractivity contribution >= 4 is 27.3 Å². The maximum atomic E-state index is 13.2. The summed E-state index contributed by atoms with van der Waals surface area (Å²) >= 11 is 0. The second kappa shape index (κ2) is 9.13. The number of methoxy groups -OCH3 is 1. The first-order chi connectivity index (χ1) is 15.9. The van der Waals surface area contributed by atoms with Gasteiger partial charge in [-0.1, -0.05) is 18.2 Å². The molecule has 3 aromatic carbocycles. The number of benzene rings is 3. The van der Waals surface area contributed by atoms with Crippen LogP contribution in [0.4, 0.5) is 15.8 Å². The molecule has 1 amide bonds. The van der Waals surface area contributed by atoms with E-state index in [9.17, 15) is 17.6 Å². The van der Waals surface area contributed by atoms with Crippen molar-refractivity contribution in [1.82, 2.24) is 9.55 Å². The molecule has 0 radical (unpaired) electrons. The lowest BCUT2D eigenvalue weighted by molar-refractivity contribution is 0.102. The summed E-state index contributed by atoms with van der Waals surface area (Å²) in [4.78, 5) is 16.8. The average Bonchev–Trinajstić information content (AvgIpc) is 3.30. The van der Waals surface area contributed by atoms with E-state index in [1.165, 1.54) is 31.8 Å². The number of rotatable bonds is 7. The van der Waals surface area contributed by atoms with E-state index in [0.717, 1.165) is 30.0 Å². The Labute approximate surface area is 189 Å². The van der Waals surface area contributed by atoms with Crippen LogP contribution in [0.1, 0.15) is 10.5 Å². The summed E-state index contributed by atoms with van der Waals surface area (Å²) in [6, 6.07) is 18.2. The number of carbonyl (C=O) groups is 1. The minimum atomic E-state index is -4.02. The van der Waals surface area contributed by atoms with Crippen molar-refractivity contribution in [2.24, 2.45) is 0 Å². The Kier molecular flexibility index (Phi) is 6.09. The number of anilines is 2. The van der Waals surface area contributed by atoms with Gasteiger partial charge in [0, 0.05) is 11.4 Å². The number of sulfonamides is 1. The molecule has 0 saturated heterocycles. The number of imidazole rings is 1. The number of para-hydroxylation sites is 1. The van der Waals surface area contributed by atoms with E-state index in [4.69, 9.17) is 4.74 Å². The molecule has 4 rings (SSSR count). The summed E-state index contributed by atoms with van der Waals surface area (Å²) in [5, 5.41) is 2.74. The maximum Gasteiger partial charge on any atom is 0.274 e. The molecule has 0 unspecified atom stereocenters. The second-order valence-corrected chi connectivity index (χ2v) is 8.60. The van der Waals surface area contributed by atoms with Crippen molar-refractivity contribution in [3.63, 3.8) is 0 Å². The zero-order valence-corrected chi connectivity index (χ0v) is 18.2.